The fourth-order valence-electron chi connectivity index (χ4n) is 2.22. The Labute approximate surface area is 114 Å². The predicted octanol–water partition coefficient (Wildman–Crippen LogP) is 1.86. The molecule has 0 aromatic carbocycles. The molecule has 0 aliphatic carbocycles. The van der Waals surface area contributed by atoms with E-state index in [1.807, 2.05) is 19.2 Å². The highest BCUT2D eigenvalue weighted by atomic mass is 79.9. The number of aromatic nitrogens is 3. The second kappa shape index (κ2) is 4.85. The maximum Gasteiger partial charge on any atom is 0.215 e. The molecular formula is C12H15BrN4O. The van der Waals surface area contributed by atoms with Crippen molar-refractivity contribution in [1.82, 2.24) is 20.1 Å². The molecule has 2 aromatic heterocycles. The van der Waals surface area contributed by atoms with E-state index in [1.165, 1.54) is 0 Å². The summed E-state index contributed by atoms with van der Waals surface area (Å²) in [6.07, 6.45) is 2.34. The van der Waals surface area contributed by atoms with Gasteiger partial charge in [0.2, 0.25) is 5.88 Å². The van der Waals surface area contributed by atoms with E-state index in [1.54, 1.807) is 4.68 Å². The zero-order chi connectivity index (χ0) is 12.5. The normalized spacial score (nSPS) is 17.2. The van der Waals surface area contributed by atoms with Crippen LogP contribution in [0, 0.1) is 0 Å². The zero-order valence-corrected chi connectivity index (χ0v) is 11.8. The molecule has 1 aliphatic rings. The summed E-state index contributed by atoms with van der Waals surface area (Å²) in [5.74, 6) is 0.685. The fraction of sp³-hybridized carbons (Fsp3) is 0.500. The van der Waals surface area contributed by atoms with Gasteiger partial charge in [-0.3, -0.25) is 0 Å². The average Bonchev–Trinajstić information content (AvgIpc) is 2.66. The molecular weight excluding hydrogens is 296 g/mol. The number of rotatable bonds is 2. The standard InChI is InChI=1S/C12H15BrN4O/c1-17-12-9(11(13)16-17)2-3-10(15-12)18-8-4-6-14-7-5-8/h2-3,8,14H,4-7H2,1H3. The van der Waals surface area contributed by atoms with Gasteiger partial charge in [-0.1, -0.05) is 0 Å². The van der Waals surface area contributed by atoms with E-state index in [2.05, 4.69) is 31.3 Å². The number of nitrogens with one attached hydrogen (secondary N) is 1. The van der Waals surface area contributed by atoms with Crippen molar-refractivity contribution in [1.29, 1.82) is 0 Å². The van der Waals surface area contributed by atoms with E-state index in [4.69, 9.17) is 4.74 Å². The van der Waals surface area contributed by atoms with Gasteiger partial charge in [0.1, 0.15) is 10.7 Å². The lowest BCUT2D eigenvalue weighted by Gasteiger charge is -2.23. The van der Waals surface area contributed by atoms with E-state index in [9.17, 15) is 0 Å². The monoisotopic (exact) mass is 310 g/mol. The van der Waals surface area contributed by atoms with Crippen LogP contribution in [0.15, 0.2) is 16.7 Å². The van der Waals surface area contributed by atoms with Gasteiger partial charge in [0.25, 0.3) is 0 Å². The van der Waals surface area contributed by atoms with E-state index >= 15 is 0 Å². The van der Waals surface area contributed by atoms with Gasteiger partial charge in [-0.05, 0) is 47.9 Å². The van der Waals surface area contributed by atoms with Gasteiger partial charge in [-0.25, -0.2) is 4.68 Å². The molecule has 1 N–H and O–H groups in total. The predicted molar refractivity (Wildman–Crippen MR) is 72.7 cm³/mol. The van der Waals surface area contributed by atoms with Crippen LogP contribution in [0.25, 0.3) is 11.0 Å². The Morgan fingerprint density at radius 2 is 2.17 bits per heavy atom. The molecule has 96 valence electrons. The highest BCUT2D eigenvalue weighted by Gasteiger charge is 2.16. The summed E-state index contributed by atoms with van der Waals surface area (Å²) < 4.78 is 8.50. The van der Waals surface area contributed by atoms with Crippen molar-refractivity contribution in [3.8, 4) is 5.88 Å². The number of hydrogen-bond donors (Lipinski definition) is 1. The summed E-state index contributed by atoms with van der Waals surface area (Å²) >= 11 is 3.42. The Balaban J connectivity index is 1.86. The van der Waals surface area contributed by atoms with Gasteiger partial charge in [0.05, 0.1) is 5.39 Å². The molecule has 3 rings (SSSR count). The van der Waals surface area contributed by atoms with E-state index in [0.717, 1.165) is 41.6 Å². The third-order valence-corrected chi connectivity index (χ3v) is 3.78. The first-order chi connectivity index (χ1) is 8.74. The Morgan fingerprint density at radius 3 is 2.94 bits per heavy atom. The maximum absolute atomic E-state index is 5.92. The van der Waals surface area contributed by atoms with Gasteiger partial charge in [-0.2, -0.15) is 10.1 Å². The van der Waals surface area contributed by atoms with Crippen LogP contribution in [0.4, 0.5) is 0 Å². The lowest BCUT2D eigenvalue weighted by atomic mass is 10.1. The summed E-state index contributed by atoms with van der Waals surface area (Å²) in [6, 6.07) is 3.91. The molecule has 1 aliphatic heterocycles. The van der Waals surface area contributed by atoms with Crippen molar-refractivity contribution in [2.75, 3.05) is 13.1 Å². The van der Waals surface area contributed by atoms with Crippen molar-refractivity contribution in [2.45, 2.75) is 18.9 Å². The molecule has 5 nitrogen and oxygen atoms in total. The van der Waals surface area contributed by atoms with Crippen LogP contribution in [-0.4, -0.2) is 34.0 Å². The van der Waals surface area contributed by atoms with Crippen molar-refractivity contribution in [3.63, 3.8) is 0 Å². The molecule has 3 heterocycles. The molecule has 0 unspecified atom stereocenters. The van der Waals surface area contributed by atoms with Crippen molar-refractivity contribution < 1.29 is 4.74 Å². The molecule has 0 radical (unpaired) electrons. The molecule has 1 fully saturated rings. The van der Waals surface area contributed by atoms with E-state index in [-0.39, 0.29) is 6.10 Å². The molecule has 0 spiro atoms. The van der Waals surface area contributed by atoms with Gasteiger partial charge in [0.15, 0.2) is 5.65 Å². The first-order valence-electron chi connectivity index (χ1n) is 6.10. The highest BCUT2D eigenvalue weighted by Crippen LogP contribution is 2.24. The smallest absolute Gasteiger partial charge is 0.215 e. The second-order valence-corrected chi connectivity index (χ2v) is 5.25. The van der Waals surface area contributed by atoms with Gasteiger partial charge in [-0.15, -0.1) is 0 Å². The number of aryl methyl sites for hydroxylation is 1. The average molecular weight is 311 g/mol. The van der Waals surface area contributed by atoms with Crippen LogP contribution in [-0.2, 0) is 7.05 Å². The summed E-state index contributed by atoms with van der Waals surface area (Å²) in [5, 5.41) is 8.61. The Bertz CT molecular complexity index is 562. The van der Waals surface area contributed by atoms with Gasteiger partial charge in [0, 0.05) is 13.1 Å². The minimum atomic E-state index is 0.271. The second-order valence-electron chi connectivity index (χ2n) is 4.50. The molecule has 18 heavy (non-hydrogen) atoms. The van der Waals surface area contributed by atoms with Crippen LogP contribution in [0.2, 0.25) is 0 Å². The molecule has 0 bridgehead atoms. The number of halogens is 1. The largest absolute Gasteiger partial charge is 0.474 e. The SMILES string of the molecule is Cn1nc(Br)c2ccc(OC3CCNCC3)nc21. The van der Waals surface area contributed by atoms with Crippen LogP contribution >= 0.6 is 15.9 Å². The zero-order valence-electron chi connectivity index (χ0n) is 10.2. The van der Waals surface area contributed by atoms with Crippen LogP contribution in [0.5, 0.6) is 5.88 Å². The number of fused-ring (bicyclic) bond motifs is 1. The van der Waals surface area contributed by atoms with E-state index in [0.29, 0.717) is 5.88 Å². The minimum absolute atomic E-state index is 0.271. The number of nitrogens with zero attached hydrogens (tertiary/aromatic N) is 3. The van der Waals surface area contributed by atoms with Gasteiger partial charge >= 0.3 is 0 Å². The van der Waals surface area contributed by atoms with Gasteiger partial charge < -0.3 is 10.1 Å². The number of pyridine rings is 1. The quantitative estimate of drug-likeness (QED) is 0.920. The first-order valence-corrected chi connectivity index (χ1v) is 6.90. The minimum Gasteiger partial charge on any atom is -0.474 e. The lowest BCUT2D eigenvalue weighted by molar-refractivity contribution is 0.156. The third-order valence-electron chi connectivity index (χ3n) is 3.19. The van der Waals surface area contributed by atoms with Crippen LogP contribution in [0.3, 0.4) is 0 Å². The molecule has 0 atom stereocenters. The molecule has 0 amide bonds. The highest BCUT2D eigenvalue weighted by molar-refractivity contribution is 9.10. The fourth-order valence-corrected chi connectivity index (χ4v) is 2.77. The van der Waals surface area contributed by atoms with Crippen molar-refractivity contribution in [3.05, 3.63) is 16.7 Å². The Morgan fingerprint density at radius 1 is 1.39 bits per heavy atom. The summed E-state index contributed by atoms with van der Waals surface area (Å²) in [6.45, 7) is 2.04. The molecule has 1 saturated heterocycles. The summed E-state index contributed by atoms with van der Waals surface area (Å²) in [7, 11) is 1.88. The molecule has 6 heteroatoms. The van der Waals surface area contributed by atoms with Crippen molar-refractivity contribution in [2.24, 2.45) is 7.05 Å². The number of piperidine rings is 1. The summed E-state index contributed by atoms with van der Waals surface area (Å²) in [4.78, 5) is 4.52. The van der Waals surface area contributed by atoms with Crippen LogP contribution < -0.4 is 10.1 Å². The maximum atomic E-state index is 5.92. The van der Waals surface area contributed by atoms with Crippen LogP contribution in [0.1, 0.15) is 12.8 Å². The topological polar surface area (TPSA) is 52.0 Å². The van der Waals surface area contributed by atoms with E-state index < -0.39 is 0 Å². The first kappa shape index (κ1) is 11.9. The molecule has 2 aromatic rings. The Hall–Kier alpha value is -1.14. The molecule has 0 saturated carbocycles. The number of hydrogen-bond acceptors (Lipinski definition) is 4. The number of ether oxygens (including phenoxy) is 1. The van der Waals surface area contributed by atoms with Crippen molar-refractivity contribution >= 4 is 27.0 Å². The Kier molecular flexibility index (Phi) is 3.22. The third kappa shape index (κ3) is 2.22. The summed E-state index contributed by atoms with van der Waals surface area (Å²) in [5.41, 5.74) is 0.841. The lowest BCUT2D eigenvalue weighted by Crippen LogP contribution is -2.34.